The highest BCUT2D eigenvalue weighted by Gasteiger charge is 2.42. The molecule has 0 aliphatic heterocycles. The molecule has 0 fully saturated rings. The minimum absolute atomic E-state index is 0.0200. The SMILES string of the molecule is CCC(F)(F)c1cc(Cl)cc(C(/C=C(\F)c2ccc(C(=O)NC(C)CS(=O)(=O)CC(F)(F)F)c(C(F)(F)F)c2)C(F)(F)F)c1. The second-order valence-electron chi connectivity index (χ2n) is 9.67. The maximum Gasteiger partial charge on any atom is 0.417 e. The van der Waals surface area contributed by atoms with Crippen molar-refractivity contribution in [1.29, 1.82) is 0 Å². The summed E-state index contributed by atoms with van der Waals surface area (Å²) in [4.78, 5) is 12.5. The minimum atomic E-state index is -5.43. The number of benzene rings is 2. The Morgan fingerprint density at radius 3 is 2.05 bits per heavy atom. The first-order chi connectivity index (χ1) is 19.8. The lowest BCUT2D eigenvalue weighted by molar-refractivity contribution is -0.140. The summed E-state index contributed by atoms with van der Waals surface area (Å²) in [5.41, 5.74) is -6.09. The van der Waals surface area contributed by atoms with E-state index in [0.717, 1.165) is 13.8 Å². The Hall–Kier alpha value is -2.95. The van der Waals surface area contributed by atoms with Gasteiger partial charge in [-0.15, -0.1) is 0 Å². The first kappa shape index (κ1) is 37.2. The molecule has 2 aromatic rings. The number of carbonyl (C=O) groups excluding carboxylic acids is 1. The quantitative estimate of drug-likeness (QED) is 0.254. The van der Waals surface area contributed by atoms with Crippen molar-refractivity contribution < 1.29 is 65.9 Å². The average molecular weight is 692 g/mol. The molecule has 0 aromatic heterocycles. The molecule has 2 unspecified atom stereocenters. The Kier molecular flexibility index (Phi) is 11.2. The van der Waals surface area contributed by atoms with Crippen LogP contribution in [0.15, 0.2) is 42.5 Å². The lowest BCUT2D eigenvalue weighted by Crippen LogP contribution is -2.40. The minimum Gasteiger partial charge on any atom is -0.349 e. The lowest BCUT2D eigenvalue weighted by atomic mass is 9.92. The summed E-state index contributed by atoms with van der Waals surface area (Å²) >= 11 is 5.72. The van der Waals surface area contributed by atoms with Gasteiger partial charge in [-0.1, -0.05) is 24.6 Å². The van der Waals surface area contributed by atoms with E-state index in [1.807, 2.05) is 0 Å². The van der Waals surface area contributed by atoms with Crippen LogP contribution in [0.25, 0.3) is 5.83 Å². The summed E-state index contributed by atoms with van der Waals surface area (Å²) in [6.07, 6.45) is -16.9. The number of hydrogen-bond donors (Lipinski definition) is 1. The van der Waals surface area contributed by atoms with E-state index < -0.39 is 109 Å². The van der Waals surface area contributed by atoms with Crippen LogP contribution in [0.1, 0.15) is 58.8 Å². The molecule has 1 N–H and O–H groups in total. The second-order valence-corrected chi connectivity index (χ2v) is 12.2. The topological polar surface area (TPSA) is 63.2 Å². The van der Waals surface area contributed by atoms with Crippen molar-refractivity contribution in [3.05, 3.63) is 75.3 Å². The predicted octanol–water partition coefficient (Wildman–Crippen LogP) is 8.61. The van der Waals surface area contributed by atoms with E-state index in [2.05, 4.69) is 0 Å². The van der Waals surface area contributed by atoms with Crippen molar-refractivity contribution in [3.8, 4) is 0 Å². The van der Waals surface area contributed by atoms with Crippen LogP contribution in [0.4, 0.5) is 52.7 Å². The van der Waals surface area contributed by atoms with Crippen LogP contribution in [0.5, 0.6) is 0 Å². The number of alkyl halides is 11. The molecule has 1 amide bonds. The number of rotatable bonds is 10. The van der Waals surface area contributed by atoms with Crippen LogP contribution >= 0.6 is 11.6 Å². The fourth-order valence-corrected chi connectivity index (χ4v) is 5.69. The van der Waals surface area contributed by atoms with Gasteiger partial charge in [-0.3, -0.25) is 4.79 Å². The molecular formula is C26H22ClF12NO3S. The molecule has 18 heteroatoms. The van der Waals surface area contributed by atoms with E-state index in [1.54, 1.807) is 5.32 Å². The number of allylic oxidation sites excluding steroid dienone is 1. The summed E-state index contributed by atoms with van der Waals surface area (Å²) in [6, 6.07) is 0.971. The van der Waals surface area contributed by atoms with Crippen LogP contribution in [0, 0.1) is 0 Å². The summed E-state index contributed by atoms with van der Waals surface area (Å²) in [6.45, 7) is 1.94. The smallest absolute Gasteiger partial charge is 0.349 e. The largest absolute Gasteiger partial charge is 0.417 e. The van der Waals surface area contributed by atoms with Crippen molar-refractivity contribution >= 4 is 33.2 Å². The van der Waals surface area contributed by atoms with Gasteiger partial charge in [-0.25, -0.2) is 21.6 Å². The molecule has 246 valence electrons. The molecule has 0 radical (unpaired) electrons. The zero-order valence-corrected chi connectivity index (χ0v) is 23.9. The Bertz CT molecular complexity index is 1500. The van der Waals surface area contributed by atoms with E-state index >= 15 is 4.39 Å². The highest BCUT2D eigenvalue weighted by atomic mass is 35.5. The molecule has 0 heterocycles. The van der Waals surface area contributed by atoms with Crippen molar-refractivity contribution in [1.82, 2.24) is 5.32 Å². The molecule has 2 atom stereocenters. The highest BCUT2D eigenvalue weighted by Crippen LogP contribution is 2.42. The Labute approximate surface area is 248 Å². The molecule has 0 saturated heterocycles. The van der Waals surface area contributed by atoms with Gasteiger partial charge in [0.2, 0.25) is 0 Å². The number of hydrogen-bond acceptors (Lipinski definition) is 3. The van der Waals surface area contributed by atoms with Gasteiger partial charge in [0.15, 0.2) is 9.84 Å². The van der Waals surface area contributed by atoms with E-state index in [0.29, 0.717) is 30.3 Å². The fourth-order valence-electron chi connectivity index (χ4n) is 3.99. The van der Waals surface area contributed by atoms with Gasteiger partial charge in [0, 0.05) is 28.6 Å². The van der Waals surface area contributed by atoms with Crippen LogP contribution in [0.3, 0.4) is 0 Å². The average Bonchev–Trinajstić information content (AvgIpc) is 2.83. The Balaban J connectivity index is 2.51. The maximum absolute atomic E-state index is 15.1. The fraction of sp³-hybridized carbons (Fsp3) is 0.423. The van der Waals surface area contributed by atoms with Crippen molar-refractivity contribution in [2.45, 2.75) is 56.7 Å². The standard InChI is InChI=1S/C26H22ClF12NO3S/c1-3-23(29,30)16-6-15(7-17(27)9-16)19(25(34,35)36)10-21(28)14-4-5-18(20(8-14)26(37,38)39)22(41)40-13(2)11-44(42,43)12-24(31,32)33/h4-10,13,19H,3,11-12H2,1-2H3,(H,40,41)/b21-10-. The number of nitrogens with one attached hydrogen (secondary N) is 1. The lowest BCUT2D eigenvalue weighted by Gasteiger charge is -2.21. The summed E-state index contributed by atoms with van der Waals surface area (Å²) in [5, 5.41) is 1.23. The maximum atomic E-state index is 15.1. The van der Waals surface area contributed by atoms with Gasteiger partial charge >= 0.3 is 18.5 Å². The number of amides is 1. The molecule has 2 rings (SSSR count). The van der Waals surface area contributed by atoms with E-state index in [1.165, 1.54) is 0 Å². The summed E-state index contributed by atoms with van der Waals surface area (Å²) < 4.78 is 187. The number of carbonyl (C=O) groups is 1. The molecular weight excluding hydrogens is 670 g/mol. The first-order valence-electron chi connectivity index (χ1n) is 12.2. The third-order valence-electron chi connectivity index (χ3n) is 5.92. The predicted molar refractivity (Wildman–Crippen MR) is 137 cm³/mol. The van der Waals surface area contributed by atoms with Gasteiger partial charge in [-0.2, -0.15) is 39.5 Å². The third-order valence-corrected chi connectivity index (χ3v) is 7.91. The van der Waals surface area contributed by atoms with Gasteiger partial charge in [0.25, 0.3) is 11.8 Å². The normalized spacial score (nSPS) is 15.2. The van der Waals surface area contributed by atoms with Crippen molar-refractivity contribution in [2.24, 2.45) is 0 Å². The van der Waals surface area contributed by atoms with Crippen LogP contribution in [-0.4, -0.2) is 44.2 Å². The molecule has 0 saturated carbocycles. The summed E-state index contributed by atoms with van der Waals surface area (Å²) in [7, 11) is -4.85. The van der Waals surface area contributed by atoms with Crippen molar-refractivity contribution in [3.63, 3.8) is 0 Å². The molecule has 2 aromatic carbocycles. The number of sulfone groups is 1. The van der Waals surface area contributed by atoms with Gasteiger partial charge < -0.3 is 5.32 Å². The summed E-state index contributed by atoms with van der Waals surface area (Å²) in [5.74, 6) is -13.6. The van der Waals surface area contributed by atoms with Gasteiger partial charge in [-0.05, 0) is 48.9 Å². The Morgan fingerprint density at radius 2 is 1.55 bits per heavy atom. The van der Waals surface area contributed by atoms with Crippen LogP contribution in [-0.2, 0) is 21.9 Å². The van der Waals surface area contributed by atoms with E-state index in [-0.39, 0.29) is 12.1 Å². The molecule has 0 spiro atoms. The Morgan fingerprint density at radius 1 is 0.955 bits per heavy atom. The molecule has 0 aliphatic rings. The molecule has 4 nitrogen and oxygen atoms in total. The van der Waals surface area contributed by atoms with Crippen molar-refractivity contribution in [2.75, 3.05) is 11.5 Å². The third kappa shape index (κ3) is 10.3. The molecule has 0 aliphatic carbocycles. The monoisotopic (exact) mass is 691 g/mol. The van der Waals surface area contributed by atoms with Crippen LogP contribution in [0.2, 0.25) is 5.02 Å². The zero-order chi connectivity index (χ0) is 34.1. The van der Waals surface area contributed by atoms with Gasteiger partial charge in [0.1, 0.15) is 17.5 Å². The van der Waals surface area contributed by atoms with Gasteiger partial charge in [0.05, 0.1) is 16.9 Å². The first-order valence-corrected chi connectivity index (χ1v) is 14.4. The van der Waals surface area contributed by atoms with E-state index in [4.69, 9.17) is 11.6 Å². The molecule has 0 bridgehead atoms. The molecule has 44 heavy (non-hydrogen) atoms. The second kappa shape index (κ2) is 13.2. The number of halogens is 13. The zero-order valence-electron chi connectivity index (χ0n) is 22.4. The van der Waals surface area contributed by atoms with Crippen LogP contribution < -0.4 is 5.32 Å². The highest BCUT2D eigenvalue weighted by molar-refractivity contribution is 7.91. The van der Waals surface area contributed by atoms with E-state index in [9.17, 15) is 61.5 Å².